The van der Waals surface area contributed by atoms with Crippen molar-refractivity contribution >= 4 is 5.91 Å². The van der Waals surface area contributed by atoms with E-state index < -0.39 is 0 Å². The number of carbonyl (C=O) groups is 1. The maximum atomic E-state index is 12.8. The third-order valence-electron chi connectivity index (χ3n) is 5.87. The van der Waals surface area contributed by atoms with Crippen molar-refractivity contribution in [2.24, 2.45) is 23.5 Å². The van der Waals surface area contributed by atoms with Gasteiger partial charge in [-0.15, -0.1) is 0 Å². The van der Waals surface area contributed by atoms with Gasteiger partial charge in [-0.1, -0.05) is 0 Å². The fourth-order valence-electron chi connectivity index (χ4n) is 4.61. The van der Waals surface area contributed by atoms with Crippen LogP contribution in [0.2, 0.25) is 0 Å². The maximum absolute atomic E-state index is 12.8. The lowest BCUT2D eigenvalue weighted by Gasteiger charge is -2.37. The number of nitrogens with two attached hydrogens (primary N) is 1. The zero-order valence-corrected chi connectivity index (χ0v) is 13.7. The molecule has 1 amide bonds. The van der Waals surface area contributed by atoms with Gasteiger partial charge in [0.2, 0.25) is 5.91 Å². The highest BCUT2D eigenvalue weighted by molar-refractivity contribution is 5.80. The summed E-state index contributed by atoms with van der Waals surface area (Å²) in [6, 6.07) is 0.106. The van der Waals surface area contributed by atoms with Crippen molar-refractivity contribution in [3.05, 3.63) is 0 Å². The van der Waals surface area contributed by atoms with Crippen LogP contribution in [-0.2, 0) is 14.3 Å². The van der Waals surface area contributed by atoms with Gasteiger partial charge in [-0.05, 0) is 50.4 Å². The molecule has 0 aromatic carbocycles. The Kier molecular flexibility index (Phi) is 5.37. The summed E-state index contributed by atoms with van der Waals surface area (Å²) in [5.74, 6) is 1.56. The number of hydrogen-bond donors (Lipinski definition) is 1. The fourth-order valence-corrected chi connectivity index (χ4v) is 4.61. The molecular formula is C17H30N2O3. The quantitative estimate of drug-likeness (QED) is 0.753. The summed E-state index contributed by atoms with van der Waals surface area (Å²) < 4.78 is 10.9. The van der Waals surface area contributed by atoms with Gasteiger partial charge in [0.05, 0.1) is 12.0 Å². The molecule has 126 valence electrons. The van der Waals surface area contributed by atoms with Crippen molar-refractivity contribution in [3.63, 3.8) is 0 Å². The van der Waals surface area contributed by atoms with Crippen LogP contribution in [0.5, 0.6) is 0 Å². The molecule has 0 aromatic heterocycles. The van der Waals surface area contributed by atoms with E-state index in [9.17, 15) is 4.79 Å². The highest BCUT2D eigenvalue weighted by atomic mass is 16.5. The Morgan fingerprint density at radius 2 is 1.86 bits per heavy atom. The molecule has 3 rings (SSSR count). The molecule has 4 atom stereocenters. The molecular weight excluding hydrogens is 280 g/mol. The number of rotatable bonds is 6. The van der Waals surface area contributed by atoms with E-state index in [1.807, 2.05) is 4.90 Å². The van der Waals surface area contributed by atoms with Gasteiger partial charge in [0, 0.05) is 39.5 Å². The molecule has 5 heteroatoms. The monoisotopic (exact) mass is 310 g/mol. The Morgan fingerprint density at radius 3 is 2.50 bits per heavy atom. The summed E-state index contributed by atoms with van der Waals surface area (Å²) in [7, 11) is 1.71. The number of fused-ring (bicyclic) bond motifs is 2. The van der Waals surface area contributed by atoms with Crippen molar-refractivity contribution in [2.75, 3.05) is 33.4 Å². The molecule has 3 aliphatic rings. The van der Waals surface area contributed by atoms with Gasteiger partial charge >= 0.3 is 0 Å². The number of ether oxygens (including phenoxy) is 2. The molecule has 2 N–H and O–H groups in total. The van der Waals surface area contributed by atoms with Crippen molar-refractivity contribution in [2.45, 2.75) is 50.7 Å². The molecule has 5 nitrogen and oxygen atoms in total. The maximum Gasteiger partial charge on any atom is 0.227 e. The minimum atomic E-state index is 0.0953. The molecule has 2 saturated carbocycles. The van der Waals surface area contributed by atoms with Gasteiger partial charge in [0.25, 0.3) is 0 Å². The van der Waals surface area contributed by atoms with Gasteiger partial charge in [-0.25, -0.2) is 0 Å². The Balaban J connectivity index is 1.42. The average Bonchev–Trinajstić information content (AvgIpc) is 3.13. The topological polar surface area (TPSA) is 64.8 Å². The molecule has 3 fully saturated rings. The summed E-state index contributed by atoms with van der Waals surface area (Å²) in [5.41, 5.74) is 6.31. The van der Waals surface area contributed by atoms with E-state index in [2.05, 4.69) is 0 Å². The first-order valence-corrected chi connectivity index (χ1v) is 8.85. The standard InChI is InChI=1S/C17H30N2O3/c1-21-9-2-10-22-14-5-7-19(8-6-14)17(20)15-12-3-4-13(11-12)16(15)18/h12-16H,2-11,18H2,1H3. The fraction of sp³-hybridized carbons (Fsp3) is 0.941. The second-order valence-electron chi connectivity index (χ2n) is 7.18. The van der Waals surface area contributed by atoms with Crippen LogP contribution in [0, 0.1) is 17.8 Å². The van der Waals surface area contributed by atoms with Gasteiger partial charge in [-0.3, -0.25) is 4.79 Å². The van der Waals surface area contributed by atoms with Crippen molar-refractivity contribution < 1.29 is 14.3 Å². The highest BCUT2D eigenvalue weighted by Crippen LogP contribution is 2.48. The van der Waals surface area contributed by atoms with Gasteiger partial charge < -0.3 is 20.1 Å². The van der Waals surface area contributed by atoms with E-state index in [-0.39, 0.29) is 12.0 Å². The van der Waals surface area contributed by atoms with E-state index in [4.69, 9.17) is 15.2 Å². The first kappa shape index (κ1) is 16.2. The van der Waals surface area contributed by atoms with Crippen molar-refractivity contribution in [3.8, 4) is 0 Å². The molecule has 1 saturated heterocycles. The van der Waals surface area contributed by atoms with E-state index in [1.165, 1.54) is 19.3 Å². The lowest BCUT2D eigenvalue weighted by molar-refractivity contribution is -0.140. The Morgan fingerprint density at radius 1 is 1.14 bits per heavy atom. The first-order chi connectivity index (χ1) is 10.7. The van der Waals surface area contributed by atoms with Crippen LogP contribution in [0.1, 0.15) is 38.5 Å². The molecule has 2 bridgehead atoms. The van der Waals surface area contributed by atoms with Crippen LogP contribution in [-0.4, -0.2) is 56.4 Å². The zero-order chi connectivity index (χ0) is 15.5. The summed E-state index contributed by atoms with van der Waals surface area (Å²) in [6.45, 7) is 3.16. The van der Waals surface area contributed by atoms with Gasteiger partial charge in [-0.2, -0.15) is 0 Å². The summed E-state index contributed by atoms with van der Waals surface area (Å²) in [5, 5.41) is 0. The van der Waals surface area contributed by atoms with Gasteiger partial charge in [0.15, 0.2) is 0 Å². The minimum absolute atomic E-state index is 0.0953. The van der Waals surface area contributed by atoms with Crippen LogP contribution in [0.4, 0.5) is 0 Å². The lowest BCUT2D eigenvalue weighted by atomic mass is 9.83. The number of amides is 1. The predicted molar refractivity (Wildman–Crippen MR) is 84.3 cm³/mol. The minimum Gasteiger partial charge on any atom is -0.385 e. The zero-order valence-electron chi connectivity index (χ0n) is 13.7. The number of likely N-dealkylation sites (tertiary alicyclic amines) is 1. The highest BCUT2D eigenvalue weighted by Gasteiger charge is 2.50. The molecule has 1 heterocycles. The van der Waals surface area contributed by atoms with Crippen LogP contribution in [0.3, 0.4) is 0 Å². The predicted octanol–water partition coefficient (Wildman–Crippen LogP) is 1.40. The number of hydrogen-bond acceptors (Lipinski definition) is 4. The van der Waals surface area contributed by atoms with Crippen LogP contribution in [0.15, 0.2) is 0 Å². The SMILES string of the molecule is COCCCOC1CCN(C(=O)C2C3CCC(C3)C2N)CC1. The first-order valence-electron chi connectivity index (χ1n) is 8.85. The molecule has 0 radical (unpaired) electrons. The number of carbonyl (C=O) groups excluding carboxylic acids is 1. The van der Waals surface area contributed by atoms with Crippen molar-refractivity contribution in [1.82, 2.24) is 4.90 Å². The second-order valence-corrected chi connectivity index (χ2v) is 7.18. The molecule has 0 aromatic rings. The lowest BCUT2D eigenvalue weighted by Crippen LogP contribution is -2.50. The smallest absolute Gasteiger partial charge is 0.227 e. The number of methoxy groups -OCH3 is 1. The third kappa shape index (κ3) is 3.31. The Hall–Kier alpha value is -0.650. The number of piperidine rings is 1. The van der Waals surface area contributed by atoms with E-state index in [1.54, 1.807) is 7.11 Å². The van der Waals surface area contributed by atoms with E-state index >= 15 is 0 Å². The van der Waals surface area contributed by atoms with Crippen LogP contribution < -0.4 is 5.73 Å². The van der Waals surface area contributed by atoms with Gasteiger partial charge in [0.1, 0.15) is 0 Å². The summed E-state index contributed by atoms with van der Waals surface area (Å²) >= 11 is 0. The summed E-state index contributed by atoms with van der Waals surface area (Å²) in [4.78, 5) is 14.8. The Labute approximate surface area is 133 Å². The van der Waals surface area contributed by atoms with Crippen LogP contribution in [0.25, 0.3) is 0 Å². The second kappa shape index (κ2) is 7.28. The van der Waals surface area contributed by atoms with E-state index in [0.29, 0.717) is 23.8 Å². The average molecular weight is 310 g/mol. The molecule has 2 aliphatic carbocycles. The largest absolute Gasteiger partial charge is 0.385 e. The third-order valence-corrected chi connectivity index (χ3v) is 5.87. The van der Waals surface area contributed by atoms with Crippen LogP contribution >= 0.6 is 0 Å². The van der Waals surface area contributed by atoms with E-state index in [0.717, 1.165) is 45.6 Å². The Bertz CT molecular complexity index is 380. The normalized spacial score (nSPS) is 35.3. The van der Waals surface area contributed by atoms with Crippen molar-refractivity contribution in [1.29, 1.82) is 0 Å². The summed E-state index contributed by atoms with van der Waals surface area (Å²) in [6.07, 6.45) is 6.76. The molecule has 22 heavy (non-hydrogen) atoms. The number of nitrogens with zero attached hydrogens (tertiary/aromatic N) is 1. The molecule has 4 unspecified atom stereocenters. The molecule has 0 spiro atoms. The molecule has 1 aliphatic heterocycles.